The van der Waals surface area contributed by atoms with E-state index < -0.39 is 5.91 Å². The zero-order valence-corrected chi connectivity index (χ0v) is 14.6. The summed E-state index contributed by atoms with van der Waals surface area (Å²) in [7, 11) is 0. The van der Waals surface area contributed by atoms with Gasteiger partial charge in [0.1, 0.15) is 11.6 Å². The van der Waals surface area contributed by atoms with Crippen LogP contribution in [0.1, 0.15) is 25.3 Å². The zero-order chi connectivity index (χ0) is 18.2. The van der Waals surface area contributed by atoms with Gasteiger partial charge in [-0.3, -0.25) is 9.59 Å². The number of aryl methyl sites for hydroxylation is 1. The monoisotopic (exact) mass is 341 g/mol. The molecule has 0 radical (unpaired) electrons. The van der Waals surface area contributed by atoms with Gasteiger partial charge in [-0.1, -0.05) is 18.2 Å². The second-order valence-electron chi connectivity index (χ2n) is 5.99. The van der Waals surface area contributed by atoms with Crippen LogP contribution in [0.2, 0.25) is 0 Å². The minimum absolute atomic E-state index is 0.0536. The lowest BCUT2D eigenvalue weighted by Gasteiger charge is -2.30. The summed E-state index contributed by atoms with van der Waals surface area (Å²) in [6, 6.07) is 9.37. The molecule has 6 heteroatoms. The molecule has 132 valence electrons. The van der Waals surface area contributed by atoms with Crippen molar-refractivity contribution in [2.24, 2.45) is 5.92 Å². The Morgan fingerprint density at radius 3 is 2.64 bits per heavy atom. The second kappa shape index (κ2) is 8.88. The molecule has 0 spiro atoms. The molecule has 2 rings (SSSR count). The molecule has 6 nitrogen and oxygen atoms in total. The third kappa shape index (κ3) is 5.08. The fourth-order valence-electron chi connectivity index (χ4n) is 2.75. The minimum Gasteiger partial charge on any atom is -0.466 e. The number of ether oxygens (including phenoxy) is 1. The number of anilines is 1. The predicted molar refractivity (Wildman–Crippen MR) is 94.4 cm³/mol. The van der Waals surface area contributed by atoms with Gasteiger partial charge >= 0.3 is 5.97 Å². The van der Waals surface area contributed by atoms with E-state index >= 15 is 0 Å². The summed E-state index contributed by atoms with van der Waals surface area (Å²) in [5, 5.41) is 12.1. The van der Waals surface area contributed by atoms with E-state index in [1.807, 2.05) is 36.1 Å². The average Bonchev–Trinajstić information content (AvgIpc) is 2.62. The van der Waals surface area contributed by atoms with Crippen LogP contribution in [0.3, 0.4) is 0 Å². The molecule has 1 amide bonds. The Morgan fingerprint density at radius 1 is 1.36 bits per heavy atom. The number of hydrogen-bond donors (Lipinski definition) is 1. The van der Waals surface area contributed by atoms with Gasteiger partial charge < -0.3 is 15.0 Å². The molecule has 0 bridgehead atoms. The molecular formula is C19H23N3O3. The number of hydrogen-bond acceptors (Lipinski definition) is 5. The predicted octanol–water partition coefficient (Wildman–Crippen LogP) is 2.62. The molecule has 1 saturated heterocycles. The van der Waals surface area contributed by atoms with Gasteiger partial charge in [-0.25, -0.2) is 0 Å². The Kier molecular flexibility index (Phi) is 6.58. The van der Waals surface area contributed by atoms with Crippen molar-refractivity contribution in [2.75, 3.05) is 25.0 Å². The Hall–Kier alpha value is -2.81. The lowest BCUT2D eigenvalue weighted by molar-refractivity contribution is -0.149. The highest BCUT2D eigenvalue weighted by Gasteiger charge is 2.25. The summed E-state index contributed by atoms with van der Waals surface area (Å²) in [4.78, 5) is 26.0. The quantitative estimate of drug-likeness (QED) is 0.506. The Balaban J connectivity index is 1.97. The third-order valence-corrected chi connectivity index (χ3v) is 4.22. The summed E-state index contributed by atoms with van der Waals surface area (Å²) >= 11 is 0. The van der Waals surface area contributed by atoms with E-state index in [-0.39, 0.29) is 17.5 Å². The first-order chi connectivity index (χ1) is 12.0. The van der Waals surface area contributed by atoms with Crippen LogP contribution in [0.25, 0.3) is 0 Å². The molecule has 25 heavy (non-hydrogen) atoms. The molecule has 1 fully saturated rings. The van der Waals surface area contributed by atoms with Crippen LogP contribution < -0.4 is 5.32 Å². The van der Waals surface area contributed by atoms with Crippen molar-refractivity contribution in [2.45, 2.75) is 26.7 Å². The number of carbonyl (C=O) groups is 2. The maximum atomic E-state index is 12.3. The Morgan fingerprint density at radius 2 is 2.04 bits per heavy atom. The highest BCUT2D eigenvalue weighted by Crippen LogP contribution is 2.20. The summed E-state index contributed by atoms with van der Waals surface area (Å²) in [5.41, 5.74) is 1.68. The molecule has 0 atom stereocenters. The number of benzene rings is 1. The van der Waals surface area contributed by atoms with Crippen molar-refractivity contribution in [3.63, 3.8) is 0 Å². The molecule has 1 N–H and O–H groups in total. The van der Waals surface area contributed by atoms with Crippen LogP contribution >= 0.6 is 0 Å². The van der Waals surface area contributed by atoms with Crippen LogP contribution in [-0.2, 0) is 14.3 Å². The van der Waals surface area contributed by atoms with Crippen LogP contribution in [0.4, 0.5) is 5.69 Å². The van der Waals surface area contributed by atoms with Crippen molar-refractivity contribution < 1.29 is 14.3 Å². The number of esters is 1. The van der Waals surface area contributed by atoms with E-state index in [2.05, 4.69) is 5.32 Å². The summed E-state index contributed by atoms with van der Waals surface area (Å²) < 4.78 is 5.05. The van der Waals surface area contributed by atoms with Crippen molar-refractivity contribution in [3.05, 3.63) is 41.6 Å². The molecular weight excluding hydrogens is 318 g/mol. The van der Waals surface area contributed by atoms with Gasteiger partial charge in [-0.2, -0.15) is 5.26 Å². The summed E-state index contributed by atoms with van der Waals surface area (Å²) in [6.07, 6.45) is 2.90. The Bertz CT molecular complexity index is 698. The number of nitriles is 1. The smallest absolute Gasteiger partial charge is 0.309 e. The molecule has 1 aliphatic rings. The highest BCUT2D eigenvalue weighted by molar-refractivity contribution is 6.06. The normalized spacial score (nSPS) is 15.4. The number of amides is 1. The molecule has 1 aromatic carbocycles. The van der Waals surface area contributed by atoms with Crippen molar-refractivity contribution in [3.8, 4) is 6.07 Å². The number of carbonyl (C=O) groups excluding carboxylic acids is 2. The number of piperidine rings is 1. The van der Waals surface area contributed by atoms with E-state index in [0.29, 0.717) is 38.2 Å². The third-order valence-electron chi connectivity index (χ3n) is 4.22. The first kappa shape index (κ1) is 18.5. The number of rotatable bonds is 5. The standard InChI is InChI=1S/C19H23N3O3/c1-3-25-19(24)15-8-10-22(11-9-15)13-16(12-20)18(23)21-17-7-5-4-6-14(17)2/h4-7,13,15H,3,8-11H2,1-2H3,(H,21,23)/b16-13-. The SMILES string of the molecule is CCOC(=O)C1CCN(/C=C(/C#N)C(=O)Nc2ccccc2C)CC1. The van der Waals surface area contributed by atoms with Crippen LogP contribution in [0.15, 0.2) is 36.0 Å². The summed E-state index contributed by atoms with van der Waals surface area (Å²) in [6.45, 7) is 5.31. The molecule has 0 aliphatic carbocycles. The zero-order valence-electron chi connectivity index (χ0n) is 14.6. The lowest BCUT2D eigenvalue weighted by Crippen LogP contribution is -2.34. The topological polar surface area (TPSA) is 82.4 Å². The molecule has 0 saturated carbocycles. The fraction of sp³-hybridized carbons (Fsp3) is 0.421. The first-order valence-corrected chi connectivity index (χ1v) is 8.44. The second-order valence-corrected chi connectivity index (χ2v) is 5.99. The summed E-state index contributed by atoms with van der Waals surface area (Å²) in [5.74, 6) is -0.691. The molecule has 0 aromatic heterocycles. The Labute approximate surface area is 148 Å². The van der Waals surface area contributed by atoms with Crippen LogP contribution in [0.5, 0.6) is 0 Å². The van der Waals surface area contributed by atoms with Gasteiger partial charge in [0.2, 0.25) is 0 Å². The molecule has 1 heterocycles. The van der Waals surface area contributed by atoms with Gasteiger partial charge in [0, 0.05) is 25.0 Å². The van der Waals surface area contributed by atoms with E-state index in [0.717, 1.165) is 5.56 Å². The number of nitrogens with zero attached hydrogens (tertiary/aromatic N) is 2. The largest absolute Gasteiger partial charge is 0.466 e. The minimum atomic E-state index is -0.427. The number of para-hydroxylation sites is 1. The van der Waals surface area contributed by atoms with E-state index in [4.69, 9.17) is 4.74 Å². The molecule has 1 aliphatic heterocycles. The van der Waals surface area contributed by atoms with Crippen LogP contribution in [0, 0.1) is 24.2 Å². The van der Waals surface area contributed by atoms with Crippen LogP contribution in [-0.4, -0.2) is 36.5 Å². The van der Waals surface area contributed by atoms with Gasteiger partial charge in [0.15, 0.2) is 0 Å². The van der Waals surface area contributed by atoms with Crippen molar-refractivity contribution in [1.29, 1.82) is 5.26 Å². The highest BCUT2D eigenvalue weighted by atomic mass is 16.5. The van der Waals surface area contributed by atoms with E-state index in [9.17, 15) is 14.9 Å². The molecule has 1 aromatic rings. The van der Waals surface area contributed by atoms with Gasteiger partial charge in [-0.05, 0) is 38.3 Å². The van der Waals surface area contributed by atoms with Gasteiger partial charge in [0.25, 0.3) is 5.91 Å². The first-order valence-electron chi connectivity index (χ1n) is 8.44. The van der Waals surface area contributed by atoms with Gasteiger partial charge in [0.05, 0.1) is 12.5 Å². The van der Waals surface area contributed by atoms with E-state index in [1.165, 1.54) is 0 Å². The van der Waals surface area contributed by atoms with E-state index in [1.54, 1.807) is 19.2 Å². The fourth-order valence-corrected chi connectivity index (χ4v) is 2.75. The number of nitrogens with one attached hydrogen (secondary N) is 1. The maximum absolute atomic E-state index is 12.3. The molecule has 0 unspecified atom stereocenters. The van der Waals surface area contributed by atoms with Gasteiger partial charge in [-0.15, -0.1) is 0 Å². The lowest BCUT2D eigenvalue weighted by atomic mass is 9.97. The van der Waals surface area contributed by atoms with Crippen molar-refractivity contribution >= 4 is 17.6 Å². The number of likely N-dealkylation sites (tertiary alicyclic amines) is 1. The van der Waals surface area contributed by atoms with Crippen molar-refractivity contribution in [1.82, 2.24) is 4.90 Å². The maximum Gasteiger partial charge on any atom is 0.309 e. The average molecular weight is 341 g/mol.